The van der Waals surface area contributed by atoms with Gasteiger partial charge in [0, 0.05) is 86.3 Å². The second-order valence-electron chi connectivity index (χ2n) is 27.9. The lowest BCUT2D eigenvalue weighted by Crippen LogP contribution is -2.72. The fraction of sp³-hybridized carbons (Fsp3) is 0.563. The number of amides is 7. The highest BCUT2D eigenvalue weighted by Gasteiger charge is 2.46. The van der Waals surface area contributed by atoms with Gasteiger partial charge < -0.3 is 81.3 Å². The van der Waals surface area contributed by atoms with E-state index in [1.54, 1.807) is 11.9 Å². The number of aromatic nitrogens is 2. The van der Waals surface area contributed by atoms with Gasteiger partial charge in [-0.25, -0.2) is 28.3 Å². The van der Waals surface area contributed by atoms with Gasteiger partial charge in [-0.3, -0.25) is 52.2 Å². The minimum absolute atomic E-state index is 0.00777. The number of aliphatic carboxylic acids is 3. The normalized spacial score (nSPS) is 22.4. The van der Waals surface area contributed by atoms with Crippen molar-refractivity contribution in [3.05, 3.63) is 104 Å². The molecule has 3 aliphatic carbocycles. The van der Waals surface area contributed by atoms with E-state index >= 15 is 0 Å². The van der Waals surface area contributed by atoms with Gasteiger partial charge in [0.05, 0.1) is 37.7 Å². The highest BCUT2D eigenvalue weighted by Crippen LogP contribution is 2.66. The van der Waals surface area contributed by atoms with Gasteiger partial charge in [-0.2, -0.15) is 13.6 Å². The average molecular weight is 1660 g/mol. The van der Waals surface area contributed by atoms with E-state index in [1.165, 1.54) is 59.9 Å². The fourth-order valence-corrected chi connectivity index (χ4v) is 19.6. The van der Waals surface area contributed by atoms with Crippen molar-refractivity contribution in [2.45, 2.75) is 185 Å². The van der Waals surface area contributed by atoms with Crippen LogP contribution in [0.1, 0.15) is 170 Å². The molecule has 3 saturated heterocycles. The van der Waals surface area contributed by atoms with Crippen LogP contribution in [0.4, 0.5) is 5.82 Å². The summed E-state index contributed by atoms with van der Waals surface area (Å²) in [5.41, 5.74) is 14.4. The van der Waals surface area contributed by atoms with E-state index in [1.807, 2.05) is 23.5 Å². The summed E-state index contributed by atoms with van der Waals surface area (Å²) >= 11 is 0. The molecule has 2 aromatic rings. The van der Waals surface area contributed by atoms with Crippen molar-refractivity contribution in [1.82, 2.24) is 45.5 Å². The first-order valence-electron chi connectivity index (χ1n) is 36.7. The average Bonchev–Trinajstić information content (AvgIpc) is 0.842. The Bertz CT molecular complexity index is 4360. The third kappa shape index (κ3) is 25.2. The van der Waals surface area contributed by atoms with Crippen LogP contribution < -0.4 is 37.7 Å². The highest BCUT2D eigenvalue weighted by atomic mass is 33.1. The quantitative estimate of drug-likeness (QED) is 0.0198. The van der Waals surface area contributed by atoms with E-state index in [9.17, 15) is 91.5 Å². The molecule has 41 heteroatoms. The van der Waals surface area contributed by atoms with Crippen molar-refractivity contribution < 1.29 is 119 Å². The third-order valence-electron chi connectivity index (χ3n) is 19.7. The van der Waals surface area contributed by atoms with Crippen LogP contribution in [0.15, 0.2) is 81.4 Å². The molecular weight excluding hydrogens is 1560 g/mol. The number of likely N-dealkylation sites (tertiary alicyclic amines) is 2. The minimum Gasteiger partial charge on any atom is -0.481 e. The molecule has 14 N–H and O–H groups in total. The maximum atomic E-state index is 14.7. The summed E-state index contributed by atoms with van der Waals surface area (Å²) in [7, 11) is -12.6. The number of benzene rings is 1. The highest BCUT2D eigenvalue weighted by molar-refractivity contribution is 8.76. The zero-order valence-corrected chi connectivity index (χ0v) is 66.8. The molecule has 36 nitrogen and oxygen atoms in total. The van der Waals surface area contributed by atoms with Gasteiger partial charge in [-0.05, 0) is 114 Å². The summed E-state index contributed by atoms with van der Waals surface area (Å²) in [5, 5.41) is 38.2. The minimum atomic E-state index is -5.77. The number of allylic oxidation sites excluding steroid dienone is 8. The van der Waals surface area contributed by atoms with Crippen LogP contribution in [0.3, 0.4) is 0 Å². The maximum Gasteiger partial charge on any atom is 0.490 e. The van der Waals surface area contributed by atoms with E-state index in [0.717, 1.165) is 53.6 Å². The molecule has 0 bridgehead atoms. The molecule has 8 rings (SSSR count). The number of carboxylic acid groups (broad SMARTS) is 3. The standard InChI is InChI=1S/C71H96N11O25P3S2/c1-6-15-43-34-45-35-46-36-53(73-7-2)42(4)33-51(46)63(50(45)32-41(43)3)48-17-8-9-18-49(48)68(92)79(5)27-13-22-59(84)80-28-12-21-57(80)69(93)81-29-11-20-56(81)67(91)75-52(65(89)76-54(37-61(85)86)66(90)77-55(70(94)95)38-62(87)88)19-14-30-111-112-31-25-58(83)74-26-10-16-44-39-82(71(96)78-64(44)72)60-24-23-47(105-60)40-104-109(100,101)107-110(102,103)106-108(97,98)99/h8-9,17-18,33-34,36,39,41,47,51-52,54-57,60,63H,6-7,11-15,19-32,35,37-38,40H2,1-5H3,(H,74,83)(H,75,91)(H,76,89)(H,77,90)(H,85,86)(H,87,88)(H,94,95)(H,100,101)(H,102,103)(H2,72,78,96)(H2,97,98,99)/p+1/t41-,47+,51?,52?,54?,55?,56?,57?,60-,63?/m1/s1. The molecule has 0 saturated carbocycles. The molecule has 0 spiro atoms. The Morgan fingerprint density at radius 1 is 0.830 bits per heavy atom. The zero-order chi connectivity index (χ0) is 81.9. The molecular formula is C71H97N11O25P3S2+. The second-order valence-corrected chi connectivity index (χ2v) is 35.0. The largest absolute Gasteiger partial charge is 0.490 e. The molecule has 612 valence electrons. The van der Waals surface area contributed by atoms with Crippen LogP contribution in [0.5, 0.6) is 0 Å². The predicted octanol–water partition coefficient (Wildman–Crippen LogP) is 3.48. The summed E-state index contributed by atoms with van der Waals surface area (Å²) in [6.45, 7) is 9.16. The first-order valence-corrected chi connectivity index (χ1v) is 43.7. The fourth-order valence-electron chi connectivity index (χ4n) is 14.5. The lowest BCUT2D eigenvalue weighted by molar-refractivity contribution is -0.451. The molecule has 3 fully saturated rings. The molecule has 12 atom stereocenters. The van der Waals surface area contributed by atoms with E-state index in [-0.39, 0.29) is 118 Å². The number of nitrogens with two attached hydrogens (primary N) is 1. The number of hydrogen-bond donors (Lipinski definition) is 13. The first kappa shape index (κ1) is 89.4. The Morgan fingerprint density at radius 2 is 1.51 bits per heavy atom. The molecule has 0 radical (unpaired) electrons. The molecule has 1 aromatic heterocycles. The number of nitrogen functional groups attached to an aromatic ring is 1. The Balaban J connectivity index is 0.849. The van der Waals surface area contributed by atoms with Crippen molar-refractivity contribution in [2.75, 3.05) is 63.6 Å². The van der Waals surface area contributed by atoms with Gasteiger partial charge >= 0.3 is 47.1 Å². The summed E-state index contributed by atoms with van der Waals surface area (Å²) in [5.74, 6) is -3.51. The Hall–Kier alpha value is -8.14. The number of nitrogens with zero attached hydrogens (tertiary/aromatic N) is 5. The summed E-state index contributed by atoms with van der Waals surface area (Å²) < 4.78 is 53.5. The van der Waals surface area contributed by atoms with Gasteiger partial charge in [0.15, 0.2) is 0 Å². The lowest BCUT2D eigenvalue weighted by Gasteiger charge is -2.41. The van der Waals surface area contributed by atoms with Crippen molar-refractivity contribution in [1.29, 1.82) is 0 Å². The molecule has 112 heavy (non-hydrogen) atoms. The lowest BCUT2D eigenvalue weighted by atomic mass is 9.62. The molecule has 1 aromatic carbocycles. The number of carbonyl (C=O) groups excluding carboxylic acids is 7. The summed E-state index contributed by atoms with van der Waals surface area (Å²) in [6, 6.07) is 0.271. The number of fused-ring (bicyclic) bond motifs is 1. The summed E-state index contributed by atoms with van der Waals surface area (Å²) in [4.78, 5) is 195. The number of carboxylic acids is 3. The molecule has 6 aliphatic rings. The molecule has 3 aliphatic heterocycles. The van der Waals surface area contributed by atoms with Crippen LogP contribution in [-0.4, -0.2) is 218 Å². The van der Waals surface area contributed by atoms with Crippen molar-refractivity contribution >= 4 is 116 Å². The number of anilines is 1. The van der Waals surface area contributed by atoms with E-state index < -0.39 is 139 Å². The van der Waals surface area contributed by atoms with Crippen molar-refractivity contribution in [3.63, 3.8) is 0 Å². The van der Waals surface area contributed by atoms with Gasteiger partial charge in [-0.15, -0.1) is 0 Å². The zero-order valence-electron chi connectivity index (χ0n) is 62.5. The van der Waals surface area contributed by atoms with E-state index in [4.69, 9.17) is 20.3 Å². The van der Waals surface area contributed by atoms with Gasteiger partial charge in [0.25, 0.3) is 5.91 Å². The van der Waals surface area contributed by atoms with Crippen LogP contribution in [-0.2, 0) is 74.7 Å². The number of ether oxygens (including phenoxy) is 1. The number of rotatable bonds is 38. The number of carbonyl (C=O) groups is 10. The van der Waals surface area contributed by atoms with Crippen LogP contribution in [0.2, 0.25) is 0 Å². The number of phosphoric acid groups is 3. The van der Waals surface area contributed by atoms with E-state index in [0.29, 0.717) is 36.5 Å². The van der Waals surface area contributed by atoms with Gasteiger partial charge in [-0.1, -0.05) is 101 Å². The Labute approximate surface area is 653 Å². The van der Waals surface area contributed by atoms with Crippen LogP contribution in [0.25, 0.3) is 0 Å². The van der Waals surface area contributed by atoms with Gasteiger partial charge in [0.2, 0.25) is 41.2 Å². The SMILES string of the molecule is CCCC1=CC2=C(C[C@H]1C)C(c1ccccc1C(=O)N(C)CCCC(=O)N1CCCC1C(=O)N1CCCC1C(=O)NC(CCCSSCCC(=O)NCC#Cc1cn([C@H]3CC[C@@H](COP(=O)(O)OP(=O)(O)OP(=O)(O)O)O3)c(=O)nc1N)C(=O)NC(CC(=O)O)C(=O)NC(CC(=O)O)C(=O)O)C1C=C(C)C(=[NH+]CC)C=C1C2. The molecule has 9 unspecified atom stereocenters. The Kier molecular flexibility index (Phi) is 32.5. The van der Waals surface area contributed by atoms with Crippen LogP contribution >= 0.6 is 45.1 Å². The van der Waals surface area contributed by atoms with Crippen LogP contribution in [0, 0.1) is 23.7 Å². The summed E-state index contributed by atoms with van der Waals surface area (Å²) in [6.07, 6.45) is 9.71. The number of phosphoric ester groups is 1. The smallest absolute Gasteiger partial charge is 0.481 e. The molecule has 7 amide bonds. The van der Waals surface area contributed by atoms with Crippen molar-refractivity contribution in [3.8, 4) is 11.8 Å². The third-order valence-corrected chi connectivity index (χ3v) is 26.0. The molecule has 4 heterocycles. The predicted molar refractivity (Wildman–Crippen MR) is 408 cm³/mol. The Morgan fingerprint density at radius 3 is 2.21 bits per heavy atom. The topological polar surface area (TPSA) is 533 Å². The first-order chi connectivity index (χ1) is 53.0. The monoisotopic (exact) mass is 1660 g/mol. The number of hydrogen-bond acceptors (Lipinski definition) is 22. The van der Waals surface area contributed by atoms with Crippen molar-refractivity contribution in [2.24, 2.45) is 11.8 Å². The maximum absolute atomic E-state index is 14.7. The van der Waals surface area contributed by atoms with E-state index in [2.05, 4.69) is 103 Å². The van der Waals surface area contributed by atoms with Gasteiger partial charge in [0.1, 0.15) is 48.8 Å². The number of nitrogens with one attached hydrogen (secondary N) is 5. The second kappa shape index (κ2) is 40.7.